The molecule has 6 heteroatoms. The average molecular weight is 376 g/mol. The van der Waals surface area contributed by atoms with Gasteiger partial charge in [0.2, 0.25) is 6.41 Å². The van der Waals surface area contributed by atoms with Gasteiger partial charge in [-0.2, -0.15) is 0 Å². The number of rotatable bonds is 7. The Balaban J connectivity index is 1.75. The van der Waals surface area contributed by atoms with Crippen molar-refractivity contribution in [1.29, 1.82) is 0 Å². The maximum atomic E-state index is 11.1. The van der Waals surface area contributed by atoms with Gasteiger partial charge in [0.15, 0.2) is 0 Å². The van der Waals surface area contributed by atoms with Crippen molar-refractivity contribution >= 4 is 39.6 Å². The fourth-order valence-corrected chi connectivity index (χ4v) is 4.01. The number of anilines is 1. The number of para-hydroxylation sites is 1. The predicted molar refractivity (Wildman–Crippen MR) is 114 cm³/mol. The third-order valence-electron chi connectivity index (χ3n) is 5.21. The van der Waals surface area contributed by atoms with Gasteiger partial charge in [-0.05, 0) is 31.2 Å². The Morgan fingerprint density at radius 1 is 1.25 bits per heavy atom. The fourth-order valence-electron chi connectivity index (χ4n) is 4.01. The monoisotopic (exact) mass is 376 g/mol. The third-order valence-corrected chi connectivity index (χ3v) is 5.21. The SMILES string of the molecule is C=CCON=C1CC(NC=O)N(c2ccc3c(c2)c2ccccc2n3CC)C1. The summed E-state index contributed by atoms with van der Waals surface area (Å²) in [6.07, 6.45) is 2.90. The minimum absolute atomic E-state index is 0.138. The van der Waals surface area contributed by atoms with Crippen LogP contribution in [0.4, 0.5) is 5.69 Å². The molecule has 0 saturated carbocycles. The molecule has 1 atom stereocenters. The van der Waals surface area contributed by atoms with E-state index in [1.807, 2.05) is 0 Å². The van der Waals surface area contributed by atoms with Gasteiger partial charge >= 0.3 is 0 Å². The summed E-state index contributed by atoms with van der Waals surface area (Å²) in [6.45, 7) is 7.69. The van der Waals surface area contributed by atoms with Gasteiger partial charge in [-0.3, -0.25) is 4.79 Å². The van der Waals surface area contributed by atoms with Crippen LogP contribution in [-0.4, -0.2) is 36.0 Å². The van der Waals surface area contributed by atoms with E-state index in [1.165, 1.54) is 21.8 Å². The van der Waals surface area contributed by atoms with Crippen LogP contribution in [0.15, 0.2) is 60.3 Å². The van der Waals surface area contributed by atoms with Crippen molar-refractivity contribution in [3.63, 3.8) is 0 Å². The second kappa shape index (κ2) is 7.76. The molecule has 0 spiro atoms. The summed E-state index contributed by atoms with van der Waals surface area (Å²) in [5.41, 5.74) is 4.41. The van der Waals surface area contributed by atoms with E-state index in [9.17, 15) is 4.79 Å². The zero-order valence-corrected chi connectivity index (χ0v) is 16.0. The van der Waals surface area contributed by atoms with E-state index >= 15 is 0 Å². The molecule has 0 aliphatic carbocycles. The Morgan fingerprint density at radius 2 is 2.07 bits per heavy atom. The number of aromatic nitrogens is 1. The minimum atomic E-state index is -0.138. The highest BCUT2D eigenvalue weighted by atomic mass is 16.6. The number of benzene rings is 2. The average Bonchev–Trinajstić information content (AvgIpc) is 3.26. The van der Waals surface area contributed by atoms with E-state index in [0.29, 0.717) is 19.6 Å². The molecule has 2 heterocycles. The van der Waals surface area contributed by atoms with Gasteiger partial charge in [0.05, 0.1) is 12.3 Å². The molecule has 3 aromatic rings. The van der Waals surface area contributed by atoms with Gasteiger partial charge < -0.3 is 19.6 Å². The summed E-state index contributed by atoms with van der Waals surface area (Å²) in [5.74, 6) is 0. The fraction of sp³-hybridized carbons (Fsp3) is 0.273. The van der Waals surface area contributed by atoms with Gasteiger partial charge in [0, 0.05) is 40.5 Å². The van der Waals surface area contributed by atoms with Crippen molar-refractivity contribution in [3.8, 4) is 0 Å². The van der Waals surface area contributed by atoms with Gasteiger partial charge in [0.25, 0.3) is 0 Å². The van der Waals surface area contributed by atoms with Crippen molar-refractivity contribution in [3.05, 3.63) is 55.1 Å². The predicted octanol–water partition coefficient (Wildman–Crippen LogP) is 3.66. The maximum absolute atomic E-state index is 11.1. The van der Waals surface area contributed by atoms with Crippen LogP contribution < -0.4 is 10.2 Å². The molecule has 2 aromatic carbocycles. The first-order chi connectivity index (χ1) is 13.8. The first-order valence-electron chi connectivity index (χ1n) is 9.52. The lowest BCUT2D eigenvalue weighted by Crippen LogP contribution is -2.40. The van der Waals surface area contributed by atoms with Crippen LogP contribution in [0.1, 0.15) is 13.3 Å². The Hall–Kier alpha value is -3.28. The topological polar surface area (TPSA) is 58.9 Å². The summed E-state index contributed by atoms with van der Waals surface area (Å²) >= 11 is 0. The lowest BCUT2D eigenvalue weighted by Gasteiger charge is -2.25. The summed E-state index contributed by atoms with van der Waals surface area (Å²) in [7, 11) is 0. The number of hydrogen-bond donors (Lipinski definition) is 1. The smallest absolute Gasteiger partial charge is 0.208 e. The van der Waals surface area contributed by atoms with Gasteiger partial charge in [-0.1, -0.05) is 36.0 Å². The molecule has 0 radical (unpaired) electrons. The van der Waals surface area contributed by atoms with Crippen LogP contribution in [-0.2, 0) is 16.2 Å². The lowest BCUT2D eigenvalue weighted by molar-refractivity contribution is -0.110. The molecular weight excluding hydrogens is 352 g/mol. The van der Waals surface area contributed by atoms with Crippen LogP contribution in [0.3, 0.4) is 0 Å². The number of nitrogens with one attached hydrogen (secondary N) is 1. The minimum Gasteiger partial charge on any atom is -0.392 e. The highest BCUT2D eigenvalue weighted by Crippen LogP contribution is 2.33. The number of nitrogens with zero attached hydrogens (tertiary/aromatic N) is 3. The molecule has 1 N–H and O–H groups in total. The van der Waals surface area contributed by atoms with Crippen LogP contribution >= 0.6 is 0 Å². The van der Waals surface area contributed by atoms with Crippen LogP contribution in [0.25, 0.3) is 21.8 Å². The molecule has 1 aromatic heterocycles. The Kier molecular flexibility index (Phi) is 5.02. The van der Waals surface area contributed by atoms with E-state index in [4.69, 9.17) is 4.84 Å². The van der Waals surface area contributed by atoms with E-state index < -0.39 is 0 Å². The number of amides is 1. The van der Waals surface area contributed by atoms with E-state index in [0.717, 1.165) is 24.4 Å². The molecule has 144 valence electrons. The van der Waals surface area contributed by atoms with E-state index in [-0.39, 0.29) is 6.17 Å². The number of fused-ring (bicyclic) bond motifs is 3. The Bertz CT molecular complexity index is 1050. The van der Waals surface area contributed by atoms with E-state index in [2.05, 4.69) is 75.9 Å². The number of aryl methyl sites for hydroxylation is 1. The standard InChI is InChI=1S/C22H24N4O2/c1-3-11-28-24-16-12-22(23-15-27)26(14-16)17-9-10-21-19(13-17)18-7-5-6-8-20(18)25(21)4-2/h3,5-10,13,15,22H,1,4,11-12,14H2,2H3,(H,23,27). The molecule has 0 bridgehead atoms. The molecule has 1 unspecified atom stereocenters. The van der Waals surface area contributed by atoms with Crippen molar-refractivity contribution in [2.75, 3.05) is 18.1 Å². The largest absolute Gasteiger partial charge is 0.392 e. The number of carbonyl (C=O) groups excluding carboxylic acids is 1. The second-order valence-electron chi connectivity index (χ2n) is 6.84. The van der Waals surface area contributed by atoms with Crippen molar-refractivity contribution in [2.45, 2.75) is 26.1 Å². The second-order valence-corrected chi connectivity index (χ2v) is 6.84. The van der Waals surface area contributed by atoms with Gasteiger partial charge in [-0.15, -0.1) is 0 Å². The summed E-state index contributed by atoms with van der Waals surface area (Å²) in [5, 5.41) is 9.55. The number of carbonyl (C=O) groups is 1. The summed E-state index contributed by atoms with van der Waals surface area (Å²) in [6, 6.07) is 14.9. The van der Waals surface area contributed by atoms with Crippen molar-refractivity contribution in [1.82, 2.24) is 9.88 Å². The molecule has 1 aliphatic rings. The molecule has 1 saturated heterocycles. The zero-order valence-electron chi connectivity index (χ0n) is 16.0. The van der Waals surface area contributed by atoms with Crippen LogP contribution in [0.5, 0.6) is 0 Å². The lowest BCUT2D eigenvalue weighted by atomic mass is 10.1. The molecule has 1 aliphatic heterocycles. The molecule has 1 fully saturated rings. The van der Waals surface area contributed by atoms with Gasteiger partial charge in [0.1, 0.15) is 12.8 Å². The van der Waals surface area contributed by atoms with Crippen molar-refractivity contribution < 1.29 is 9.63 Å². The molecule has 4 rings (SSSR count). The Morgan fingerprint density at radius 3 is 2.86 bits per heavy atom. The first kappa shape index (κ1) is 18.1. The van der Waals surface area contributed by atoms with Crippen molar-refractivity contribution in [2.24, 2.45) is 5.16 Å². The molecule has 1 amide bonds. The highest BCUT2D eigenvalue weighted by Gasteiger charge is 2.30. The first-order valence-corrected chi connectivity index (χ1v) is 9.52. The highest BCUT2D eigenvalue weighted by molar-refractivity contribution is 6.09. The van der Waals surface area contributed by atoms with Gasteiger partial charge in [-0.25, -0.2) is 0 Å². The quantitative estimate of drug-likeness (QED) is 0.296. The third kappa shape index (κ3) is 3.11. The van der Waals surface area contributed by atoms with E-state index in [1.54, 1.807) is 6.08 Å². The number of hydrogen-bond acceptors (Lipinski definition) is 4. The molecule has 6 nitrogen and oxygen atoms in total. The maximum Gasteiger partial charge on any atom is 0.208 e. The summed E-state index contributed by atoms with van der Waals surface area (Å²) in [4.78, 5) is 18.5. The number of oxime groups is 1. The normalized spacial score (nSPS) is 18.1. The Labute approximate surface area is 164 Å². The summed E-state index contributed by atoms with van der Waals surface area (Å²) < 4.78 is 2.33. The van der Waals surface area contributed by atoms with Crippen LogP contribution in [0, 0.1) is 0 Å². The zero-order chi connectivity index (χ0) is 19.5. The molecular formula is C22H24N4O2. The molecule has 28 heavy (non-hydrogen) atoms. The van der Waals surface area contributed by atoms with Crippen LogP contribution in [0.2, 0.25) is 0 Å².